The lowest BCUT2D eigenvalue weighted by Gasteiger charge is -2.22. The zero-order valence-electron chi connectivity index (χ0n) is 14.7. The maximum atomic E-state index is 12.0. The Balaban J connectivity index is 3.61. The van der Waals surface area contributed by atoms with E-state index in [9.17, 15) is 4.79 Å². The molecule has 1 atom stereocenters. The fourth-order valence-electron chi connectivity index (χ4n) is 2.82. The average molecular weight is 315 g/mol. The summed E-state index contributed by atoms with van der Waals surface area (Å²) >= 11 is 0. The molecule has 0 aromatic carbocycles. The minimum Gasteiger partial charge on any atom is -0.376 e. The topological polar surface area (TPSA) is 60.8 Å². The molecular weight excluding hydrogens is 278 g/mol. The number of rotatable bonds is 15. The summed E-state index contributed by atoms with van der Waals surface area (Å²) in [7, 11) is 0. The molecule has 0 spiro atoms. The second-order valence-electron chi connectivity index (χ2n) is 6.24. The van der Waals surface area contributed by atoms with Gasteiger partial charge in [-0.3, -0.25) is 9.69 Å². The lowest BCUT2D eigenvalue weighted by Crippen LogP contribution is -2.37. The van der Waals surface area contributed by atoms with E-state index in [0.29, 0.717) is 0 Å². The first-order valence-corrected chi connectivity index (χ1v) is 9.21. The van der Waals surface area contributed by atoms with Gasteiger partial charge in [0.05, 0.1) is 0 Å². The molecule has 4 nitrogen and oxygen atoms in total. The molecule has 2 N–H and O–H groups in total. The predicted molar refractivity (Wildman–Crippen MR) is 91.3 cm³/mol. The maximum absolute atomic E-state index is 12.0. The Labute approximate surface area is 136 Å². The first-order chi connectivity index (χ1) is 10.7. The van der Waals surface area contributed by atoms with E-state index in [0.717, 1.165) is 24.2 Å². The summed E-state index contributed by atoms with van der Waals surface area (Å²) in [5.74, 6) is -0.184. The largest absolute Gasteiger partial charge is 0.376 e. The van der Waals surface area contributed by atoms with Crippen LogP contribution in [0.4, 0.5) is 0 Å². The van der Waals surface area contributed by atoms with Crippen molar-refractivity contribution in [1.82, 2.24) is 4.90 Å². The van der Waals surface area contributed by atoms with Gasteiger partial charge in [-0.05, 0) is 12.8 Å². The number of carbonyl (C=O) groups excluding carboxylic acids is 1. The Bertz CT molecular complexity index is 255. The van der Waals surface area contributed by atoms with Crippen LogP contribution in [0, 0.1) is 5.92 Å². The molecule has 22 heavy (non-hydrogen) atoms. The van der Waals surface area contributed by atoms with Crippen LogP contribution in [0.25, 0.3) is 0 Å². The molecule has 0 heterocycles. The summed E-state index contributed by atoms with van der Waals surface area (Å²) in [5.41, 5.74) is 0. The molecule has 0 saturated heterocycles. The standard InChI is InChI=1S/C18H37NO3/c1-3-5-6-7-8-9-10-11-12-13-14-17(4-2)18(22)19(15-20)16-21/h17,20-21H,3-16H2,1-2H3. The zero-order chi connectivity index (χ0) is 16.6. The maximum Gasteiger partial charge on any atom is 0.229 e. The summed E-state index contributed by atoms with van der Waals surface area (Å²) in [6, 6.07) is 0. The summed E-state index contributed by atoms with van der Waals surface area (Å²) in [5, 5.41) is 18.1. The van der Waals surface area contributed by atoms with Gasteiger partial charge < -0.3 is 10.2 Å². The molecule has 0 aromatic rings. The highest BCUT2D eigenvalue weighted by Gasteiger charge is 2.21. The number of hydrogen-bond donors (Lipinski definition) is 2. The molecular formula is C18H37NO3. The Kier molecular flexibility index (Phi) is 14.9. The first-order valence-electron chi connectivity index (χ1n) is 9.21. The van der Waals surface area contributed by atoms with E-state index in [-0.39, 0.29) is 11.8 Å². The van der Waals surface area contributed by atoms with Crippen molar-refractivity contribution in [3.05, 3.63) is 0 Å². The molecule has 0 saturated carbocycles. The SMILES string of the molecule is CCCCCCCCCCCCC(CC)C(=O)N(CO)CO. The van der Waals surface area contributed by atoms with Crippen LogP contribution in [-0.2, 0) is 4.79 Å². The molecule has 132 valence electrons. The van der Waals surface area contributed by atoms with Gasteiger partial charge in [-0.1, -0.05) is 78.1 Å². The number of nitrogens with zero attached hydrogens (tertiary/aromatic N) is 1. The second-order valence-corrected chi connectivity index (χ2v) is 6.24. The highest BCUT2D eigenvalue weighted by atomic mass is 16.3. The third-order valence-electron chi connectivity index (χ3n) is 4.40. The van der Waals surface area contributed by atoms with Gasteiger partial charge in [-0.15, -0.1) is 0 Å². The third-order valence-corrected chi connectivity index (χ3v) is 4.40. The molecule has 0 bridgehead atoms. The number of amides is 1. The first kappa shape index (κ1) is 21.4. The summed E-state index contributed by atoms with van der Waals surface area (Å²) in [6.45, 7) is 3.44. The van der Waals surface area contributed by atoms with E-state index in [1.807, 2.05) is 6.92 Å². The molecule has 1 unspecified atom stereocenters. The Morgan fingerprint density at radius 1 is 0.818 bits per heavy atom. The van der Waals surface area contributed by atoms with Crippen LogP contribution in [0.3, 0.4) is 0 Å². The van der Waals surface area contributed by atoms with Gasteiger partial charge >= 0.3 is 0 Å². The van der Waals surface area contributed by atoms with E-state index in [4.69, 9.17) is 10.2 Å². The smallest absolute Gasteiger partial charge is 0.229 e. The quantitative estimate of drug-likeness (QED) is 0.354. The van der Waals surface area contributed by atoms with Crippen LogP contribution in [0.1, 0.15) is 90.9 Å². The Morgan fingerprint density at radius 3 is 1.68 bits per heavy atom. The van der Waals surface area contributed by atoms with E-state index >= 15 is 0 Å². The van der Waals surface area contributed by atoms with Crippen molar-refractivity contribution in [2.24, 2.45) is 5.92 Å². The highest BCUT2D eigenvalue weighted by Crippen LogP contribution is 2.18. The molecule has 0 aliphatic rings. The van der Waals surface area contributed by atoms with Gasteiger partial charge in [0, 0.05) is 5.92 Å². The summed E-state index contributed by atoms with van der Waals surface area (Å²) in [6.07, 6.45) is 14.5. The van der Waals surface area contributed by atoms with E-state index in [1.165, 1.54) is 57.8 Å². The van der Waals surface area contributed by atoms with Gasteiger partial charge in [0.15, 0.2) is 0 Å². The van der Waals surface area contributed by atoms with Crippen LogP contribution in [0.15, 0.2) is 0 Å². The fourth-order valence-corrected chi connectivity index (χ4v) is 2.82. The third kappa shape index (κ3) is 10.2. The lowest BCUT2D eigenvalue weighted by atomic mass is 9.96. The van der Waals surface area contributed by atoms with Crippen LogP contribution >= 0.6 is 0 Å². The minimum atomic E-state index is -0.399. The van der Waals surface area contributed by atoms with Crippen LogP contribution < -0.4 is 0 Å². The van der Waals surface area contributed by atoms with Gasteiger partial charge in [0.25, 0.3) is 0 Å². The van der Waals surface area contributed by atoms with Gasteiger partial charge in [-0.25, -0.2) is 0 Å². The Hall–Kier alpha value is -0.610. The minimum absolute atomic E-state index is 0.0617. The van der Waals surface area contributed by atoms with Crippen molar-refractivity contribution in [1.29, 1.82) is 0 Å². The van der Waals surface area contributed by atoms with E-state index in [2.05, 4.69) is 6.92 Å². The van der Waals surface area contributed by atoms with Crippen LogP contribution in [0.5, 0.6) is 0 Å². The molecule has 4 heteroatoms. The van der Waals surface area contributed by atoms with E-state index in [1.54, 1.807) is 0 Å². The Morgan fingerprint density at radius 2 is 1.27 bits per heavy atom. The normalized spacial score (nSPS) is 12.4. The van der Waals surface area contributed by atoms with Gasteiger partial charge in [0.1, 0.15) is 13.5 Å². The zero-order valence-corrected chi connectivity index (χ0v) is 14.7. The second kappa shape index (κ2) is 15.3. The van der Waals surface area contributed by atoms with Gasteiger partial charge in [0.2, 0.25) is 5.91 Å². The summed E-state index contributed by atoms with van der Waals surface area (Å²) < 4.78 is 0. The molecule has 0 radical (unpaired) electrons. The van der Waals surface area contributed by atoms with Crippen molar-refractivity contribution >= 4 is 5.91 Å². The molecule has 1 amide bonds. The molecule has 0 aliphatic carbocycles. The molecule has 0 aliphatic heterocycles. The number of unbranched alkanes of at least 4 members (excludes halogenated alkanes) is 9. The number of hydrogen-bond acceptors (Lipinski definition) is 3. The molecule has 0 rings (SSSR count). The fraction of sp³-hybridized carbons (Fsp3) is 0.944. The van der Waals surface area contributed by atoms with Crippen molar-refractivity contribution in [3.63, 3.8) is 0 Å². The van der Waals surface area contributed by atoms with Crippen molar-refractivity contribution in [2.75, 3.05) is 13.5 Å². The number of aliphatic hydroxyl groups is 2. The lowest BCUT2D eigenvalue weighted by molar-refractivity contribution is -0.144. The number of carbonyl (C=O) groups is 1. The van der Waals surface area contributed by atoms with Crippen molar-refractivity contribution in [3.8, 4) is 0 Å². The highest BCUT2D eigenvalue weighted by molar-refractivity contribution is 5.78. The monoisotopic (exact) mass is 315 g/mol. The van der Waals surface area contributed by atoms with Crippen molar-refractivity contribution in [2.45, 2.75) is 90.9 Å². The predicted octanol–water partition coefficient (Wildman–Crippen LogP) is 4.05. The van der Waals surface area contributed by atoms with Crippen molar-refractivity contribution < 1.29 is 15.0 Å². The molecule has 0 aromatic heterocycles. The van der Waals surface area contributed by atoms with Crippen LogP contribution in [0.2, 0.25) is 0 Å². The molecule has 0 fully saturated rings. The summed E-state index contributed by atoms with van der Waals surface area (Å²) in [4.78, 5) is 13.1. The van der Waals surface area contributed by atoms with Gasteiger partial charge in [-0.2, -0.15) is 0 Å². The number of aliphatic hydroxyl groups excluding tert-OH is 2. The van der Waals surface area contributed by atoms with E-state index < -0.39 is 13.5 Å². The van der Waals surface area contributed by atoms with Crippen LogP contribution in [-0.4, -0.2) is 34.5 Å². The average Bonchev–Trinajstić information content (AvgIpc) is 2.54.